The molecule has 0 aliphatic rings. The zero-order chi connectivity index (χ0) is 18.5. The molecular formula is C19H18ClN3O2S. The second-order valence-corrected chi connectivity index (χ2v) is 7.17. The van der Waals surface area contributed by atoms with Crippen LogP contribution in [0.25, 0.3) is 10.9 Å². The Morgan fingerprint density at radius 1 is 1.23 bits per heavy atom. The van der Waals surface area contributed by atoms with Gasteiger partial charge in [0.1, 0.15) is 0 Å². The van der Waals surface area contributed by atoms with Gasteiger partial charge in [-0.3, -0.25) is 14.2 Å². The lowest BCUT2D eigenvalue weighted by molar-refractivity contribution is -0.118. The molecule has 1 amide bonds. The molecule has 1 aromatic heterocycles. The van der Waals surface area contributed by atoms with E-state index in [1.54, 1.807) is 19.2 Å². The van der Waals surface area contributed by atoms with Gasteiger partial charge in [-0.1, -0.05) is 47.6 Å². The minimum Gasteiger partial charge on any atom is -0.355 e. The number of hydrogen-bond donors (Lipinski definition) is 1. The number of nitrogens with zero attached hydrogens (tertiary/aromatic N) is 2. The Morgan fingerprint density at radius 2 is 2.04 bits per heavy atom. The topological polar surface area (TPSA) is 64.0 Å². The van der Waals surface area contributed by atoms with E-state index in [0.717, 1.165) is 5.56 Å². The SMILES string of the molecule is Cn1c(SCC(=O)NCCc2cccc(Cl)c2)nc2ccccc2c1=O. The number of carbonyl (C=O) groups excluding carboxylic acids is 1. The van der Waals surface area contributed by atoms with E-state index in [9.17, 15) is 9.59 Å². The average molecular weight is 388 g/mol. The van der Waals surface area contributed by atoms with Crippen molar-refractivity contribution in [3.05, 3.63) is 69.5 Å². The standard InChI is InChI=1S/C19H18ClN3O2S/c1-23-18(25)15-7-2-3-8-16(15)22-19(23)26-12-17(24)21-10-9-13-5-4-6-14(20)11-13/h2-8,11H,9-10,12H2,1H3,(H,21,24). The maximum absolute atomic E-state index is 12.3. The summed E-state index contributed by atoms with van der Waals surface area (Å²) in [5.74, 6) is 0.105. The van der Waals surface area contributed by atoms with Crippen LogP contribution in [0.15, 0.2) is 58.5 Å². The predicted molar refractivity (Wildman–Crippen MR) is 106 cm³/mol. The van der Waals surface area contributed by atoms with Crippen LogP contribution in [0.2, 0.25) is 5.02 Å². The van der Waals surface area contributed by atoms with Crippen LogP contribution in [-0.4, -0.2) is 27.8 Å². The first-order valence-electron chi connectivity index (χ1n) is 8.14. The molecule has 134 valence electrons. The lowest BCUT2D eigenvalue weighted by atomic mass is 10.1. The number of carbonyl (C=O) groups is 1. The number of amides is 1. The predicted octanol–water partition coefficient (Wildman–Crippen LogP) is 3.04. The van der Waals surface area contributed by atoms with Gasteiger partial charge < -0.3 is 5.32 Å². The molecule has 0 radical (unpaired) electrons. The Labute approximate surface area is 160 Å². The highest BCUT2D eigenvalue weighted by Gasteiger charge is 2.10. The second-order valence-electron chi connectivity index (χ2n) is 5.79. The highest BCUT2D eigenvalue weighted by atomic mass is 35.5. The van der Waals surface area contributed by atoms with Gasteiger partial charge in [-0.15, -0.1) is 0 Å². The van der Waals surface area contributed by atoms with E-state index in [2.05, 4.69) is 10.3 Å². The number of nitrogens with one attached hydrogen (secondary N) is 1. The van der Waals surface area contributed by atoms with Crippen LogP contribution in [0.3, 0.4) is 0 Å². The molecule has 7 heteroatoms. The number of para-hydroxylation sites is 1. The van der Waals surface area contributed by atoms with Crippen molar-refractivity contribution in [1.29, 1.82) is 0 Å². The zero-order valence-corrected chi connectivity index (χ0v) is 15.8. The van der Waals surface area contributed by atoms with Crippen LogP contribution < -0.4 is 10.9 Å². The van der Waals surface area contributed by atoms with Gasteiger partial charge >= 0.3 is 0 Å². The van der Waals surface area contributed by atoms with E-state index in [-0.39, 0.29) is 17.2 Å². The van der Waals surface area contributed by atoms with Gasteiger partial charge in [0, 0.05) is 18.6 Å². The molecule has 3 rings (SSSR count). The maximum Gasteiger partial charge on any atom is 0.261 e. The molecular weight excluding hydrogens is 370 g/mol. The second kappa shape index (κ2) is 8.38. The van der Waals surface area contributed by atoms with Crippen molar-refractivity contribution in [2.45, 2.75) is 11.6 Å². The Bertz CT molecular complexity index is 1000. The van der Waals surface area contributed by atoms with E-state index in [4.69, 9.17) is 11.6 Å². The molecule has 1 N–H and O–H groups in total. The molecule has 0 atom stereocenters. The summed E-state index contributed by atoms with van der Waals surface area (Å²) in [4.78, 5) is 28.9. The third-order valence-corrected chi connectivity index (χ3v) is 5.16. The fraction of sp³-hybridized carbons (Fsp3) is 0.211. The van der Waals surface area contributed by atoms with Gasteiger partial charge in [-0.25, -0.2) is 4.98 Å². The smallest absolute Gasteiger partial charge is 0.261 e. The van der Waals surface area contributed by atoms with Crippen LogP contribution in [0.5, 0.6) is 0 Å². The average Bonchev–Trinajstić information content (AvgIpc) is 2.63. The molecule has 0 aliphatic heterocycles. The van der Waals surface area contributed by atoms with Crippen LogP contribution in [0.4, 0.5) is 0 Å². The van der Waals surface area contributed by atoms with E-state index < -0.39 is 0 Å². The summed E-state index contributed by atoms with van der Waals surface area (Å²) in [6.45, 7) is 0.532. The quantitative estimate of drug-likeness (QED) is 0.521. The van der Waals surface area contributed by atoms with Crippen LogP contribution >= 0.6 is 23.4 Å². The number of thioether (sulfide) groups is 1. The molecule has 0 bridgehead atoms. The van der Waals surface area contributed by atoms with Crippen molar-refractivity contribution in [2.75, 3.05) is 12.3 Å². The van der Waals surface area contributed by atoms with Gasteiger partial charge in [0.2, 0.25) is 5.91 Å². The third-order valence-electron chi connectivity index (χ3n) is 3.90. The number of rotatable bonds is 6. The fourth-order valence-corrected chi connectivity index (χ4v) is 3.56. The highest BCUT2D eigenvalue weighted by Crippen LogP contribution is 2.16. The summed E-state index contributed by atoms with van der Waals surface area (Å²) in [7, 11) is 1.67. The van der Waals surface area contributed by atoms with Gasteiger partial charge in [0.25, 0.3) is 5.56 Å². The molecule has 0 unspecified atom stereocenters. The summed E-state index contributed by atoms with van der Waals surface area (Å²) in [5, 5.41) is 4.66. The first kappa shape index (κ1) is 18.5. The minimum atomic E-state index is -0.112. The molecule has 0 aliphatic carbocycles. The van der Waals surface area contributed by atoms with Crippen LogP contribution in [0, 0.1) is 0 Å². The van der Waals surface area contributed by atoms with E-state index in [0.29, 0.717) is 34.0 Å². The van der Waals surface area contributed by atoms with Gasteiger partial charge in [0.15, 0.2) is 5.16 Å². The van der Waals surface area contributed by atoms with Crippen LogP contribution in [-0.2, 0) is 18.3 Å². The van der Waals surface area contributed by atoms with Gasteiger partial charge in [-0.2, -0.15) is 0 Å². The molecule has 5 nitrogen and oxygen atoms in total. The molecule has 26 heavy (non-hydrogen) atoms. The fourth-order valence-electron chi connectivity index (χ4n) is 2.55. The van der Waals surface area contributed by atoms with E-state index in [1.165, 1.54) is 16.3 Å². The third kappa shape index (κ3) is 4.45. The van der Waals surface area contributed by atoms with Crippen molar-refractivity contribution in [1.82, 2.24) is 14.9 Å². The molecule has 0 saturated heterocycles. The number of fused-ring (bicyclic) bond motifs is 1. The summed E-state index contributed by atoms with van der Waals surface area (Å²) < 4.78 is 1.48. The molecule has 0 spiro atoms. The molecule has 3 aromatic rings. The Morgan fingerprint density at radius 3 is 2.85 bits per heavy atom. The van der Waals surface area contributed by atoms with Crippen molar-refractivity contribution >= 4 is 40.2 Å². The zero-order valence-electron chi connectivity index (χ0n) is 14.2. The van der Waals surface area contributed by atoms with Gasteiger partial charge in [0.05, 0.1) is 16.7 Å². The molecule has 2 aromatic carbocycles. The summed E-state index contributed by atoms with van der Waals surface area (Å²) in [5.41, 5.74) is 1.60. The van der Waals surface area contributed by atoms with Gasteiger partial charge in [-0.05, 0) is 36.2 Å². The van der Waals surface area contributed by atoms with Crippen molar-refractivity contribution in [3.8, 4) is 0 Å². The summed E-state index contributed by atoms with van der Waals surface area (Å²) >= 11 is 7.20. The van der Waals surface area contributed by atoms with Crippen LogP contribution in [0.1, 0.15) is 5.56 Å². The highest BCUT2D eigenvalue weighted by molar-refractivity contribution is 7.99. The van der Waals surface area contributed by atoms with Crippen molar-refractivity contribution in [2.24, 2.45) is 7.05 Å². The van der Waals surface area contributed by atoms with E-state index in [1.807, 2.05) is 36.4 Å². The lowest BCUT2D eigenvalue weighted by Gasteiger charge is -2.09. The number of hydrogen-bond acceptors (Lipinski definition) is 4. The first-order chi connectivity index (χ1) is 12.5. The Hall–Kier alpha value is -2.31. The van der Waals surface area contributed by atoms with Crippen molar-refractivity contribution < 1.29 is 4.79 Å². The summed E-state index contributed by atoms with van der Waals surface area (Å²) in [6, 6.07) is 14.8. The van der Waals surface area contributed by atoms with Crippen molar-refractivity contribution in [3.63, 3.8) is 0 Å². The largest absolute Gasteiger partial charge is 0.355 e. The Kier molecular flexibility index (Phi) is 5.96. The van der Waals surface area contributed by atoms with E-state index >= 15 is 0 Å². The lowest BCUT2D eigenvalue weighted by Crippen LogP contribution is -2.28. The number of aromatic nitrogens is 2. The minimum absolute atomic E-state index is 0.0977. The maximum atomic E-state index is 12.3. The monoisotopic (exact) mass is 387 g/mol. The summed E-state index contributed by atoms with van der Waals surface area (Å²) in [6.07, 6.45) is 0.712. The molecule has 0 saturated carbocycles. The number of halogens is 1. The normalized spacial score (nSPS) is 10.8. The first-order valence-corrected chi connectivity index (χ1v) is 9.50. The number of benzene rings is 2. The molecule has 1 heterocycles. The Balaban J connectivity index is 1.57. The molecule has 0 fully saturated rings.